The molecule has 3 aromatic rings. The maximum atomic E-state index is 5.28. The van der Waals surface area contributed by atoms with Gasteiger partial charge in [0.2, 0.25) is 5.82 Å². The topological polar surface area (TPSA) is 61.7 Å². The van der Waals surface area contributed by atoms with Crippen molar-refractivity contribution in [1.29, 1.82) is 0 Å². The number of nitrogens with zero attached hydrogens (tertiary/aromatic N) is 4. The number of nitrogens with one attached hydrogen (secondary N) is 2. The fourth-order valence-corrected chi connectivity index (χ4v) is 4.59. The van der Waals surface area contributed by atoms with Crippen LogP contribution in [0.15, 0.2) is 54.6 Å². The molecule has 7 heteroatoms. The smallest absolute Gasteiger partial charge is 0.209 e. The first-order valence-electron chi connectivity index (χ1n) is 11.4. The van der Waals surface area contributed by atoms with E-state index >= 15 is 0 Å². The number of methoxy groups -OCH3 is 1. The Bertz CT molecular complexity index is 919. The van der Waals surface area contributed by atoms with E-state index in [9.17, 15) is 0 Å². The Hall–Kier alpha value is -2.77. The van der Waals surface area contributed by atoms with Gasteiger partial charge in [-0.25, -0.2) is 4.68 Å². The molecule has 0 amide bonds. The van der Waals surface area contributed by atoms with Crippen molar-refractivity contribution in [2.75, 3.05) is 33.3 Å². The van der Waals surface area contributed by atoms with Crippen LogP contribution in [0.5, 0.6) is 5.75 Å². The summed E-state index contributed by atoms with van der Waals surface area (Å²) >= 11 is 0. The van der Waals surface area contributed by atoms with Crippen LogP contribution < -0.4 is 14.5 Å². The Morgan fingerprint density at radius 2 is 1.74 bits per heavy atom. The highest BCUT2D eigenvalue weighted by molar-refractivity contribution is 5.28. The summed E-state index contributed by atoms with van der Waals surface area (Å²) in [5.74, 6) is 1.88. The molecule has 0 saturated carbocycles. The molecule has 0 radical (unpaired) electrons. The van der Waals surface area contributed by atoms with Crippen molar-refractivity contribution in [1.82, 2.24) is 20.2 Å². The van der Waals surface area contributed by atoms with Gasteiger partial charge in [0.1, 0.15) is 43.7 Å². The van der Waals surface area contributed by atoms with Crippen molar-refractivity contribution in [3.8, 4) is 5.75 Å². The van der Waals surface area contributed by atoms with Crippen LogP contribution in [0.4, 0.5) is 5.69 Å². The number of unbranched alkanes of at least 4 members (excludes halogenated alkanes) is 1. The molecule has 1 saturated heterocycles. The summed E-state index contributed by atoms with van der Waals surface area (Å²) in [6.45, 7) is 7.49. The van der Waals surface area contributed by atoms with Crippen LogP contribution in [0.1, 0.15) is 43.6 Å². The van der Waals surface area contributed by atoms with E-state index in [0.717, 1.165) is 44.2 Å². The molecule has 4 rings (SSSR count). The Morgan fingerprint density at radius 3 is 2.42 bits per heavy atom. The average molecular weight is 423 g/mol. The number of quaternary nitrogens is 2. The summed E-state index contributed by atoms with van der Waals surface area (Å²) < 4.78 is 7.27. The second-order valence-electron chi connectivity index (χ2n) is 8.37. The minimum absolute atomic E-state index is 0.338. The van der Waals surface area contributed by atoms with Crippen LogP contribution >= 0.6 is 0 Å². The van der Waals surface area contributed by atoms with Crippen molar-refractivity contribution < 1.29 is 14.5 Å². The van der Waals surface area contributed by atoms with Gasteiger partial charge in [0.25, 0.3) is 0 Å². The average Bonchev–Trinajstić information content (AvgIpc) is 3.28. The van der Waals surface area contributed by atoms with Gasteiger partial charge in [-0.2, -0.15) is 0 Å². The van der Waals surface area contributed by atoms with Crippen LogP contribution in [-0.4, -0.2) is 53.5 Å². The number of rotatable bonds is 9. The lowest BCUT2D eigenvalue weighted by Gasteiger charge is -2.34. The number of tetrazole rings is 1. The van der Waals surface area contributed by atoms with Gasteiger partial charge in [-0.05, 0) is 46.7 Å². The highest BCUT2D eigenvalue weighted by atomic mass is 16.5. The number of para-hydroxylation sites is 1. The van der Waals surface area contributed by atoms with E-state index in [1.54, 1.807) is 16.9 Å². The predicted molar refractivity (Wildman–Crippen MR) is 120 cm³/mol. The fraction of sp³-hybridized carbons (Fsp3) is 0.458. The first-order valence-corrected chi connectivity index (χ1v) is 11.4. The van der Waals surface area contributed by atoms with Gasteiger partial charge in [0, 0.05) is 6.42 Å². The van der Waals surface area contributed by atoms with E-state index < -0.39 is 0 Å². The van der Waals surface area contributed by atoms with Crippen molar-refractivity contribution >= 4 is 5.69 Å². The van der Waals surface area contributed by atoms with Crippen LogP contribution in [0.25, 0.3) is 0 Å². The van der Waals surface area contributed by atoms with Gasteiger partial charge >= 0.3 is 0 Å². The summed E-state index contributed by atoms with van der Waals surface area (Å²) in [4.78, 5) is 3.19. The lowest BCUT2D eigenvalue weighted by molar-refractivity contribution is -1.01. The highest BCUT2D eigenvalue weighted by Gasteiger charge is 2.34. The summed E-state index contributed by atoms with van der Waals surface area (Å²) in [6.07, 6.45) is 3.50. The normalized spacial score (nSPS) is 19.8. The number of aromatic nitrogens is 4. The van der Waals surface area contributed by atoms with Crippen LogP contribution in [0.3, 0.4) is 0 Å². The summed E-state index contributed by atoms with van der Waals surface area (Å²) in [7, 11) is 1.69. The van der Waals surface area contributed by atoms with Gasteiger partial charge in [0.05, 0.1) is 13.7 Å². The molecule has 0 bridgehead atoms. The SMILES string of the molecule is CCCC[C@H](c1nnnn1Cc1ccc(OC)cc1)[NH+]1CC[NH+](c2ccccc2)CC1. The Balaban J connectivity index is 1.47. The first kappa shape index (κ1) is 21.5. The zero-order chi connectivity index (χ0) is 21.5. The largest absolute Gasteiger partial charge is 0.497 e. The van der Waals surface area contributed by atoms with Crippen molar-refractivity contribution in [3.05, 3.63) is 66.0 Å². The molecule has 1 aliphatic heterocycles. The molecular formula is C24H34N6O+2. The maximum absolute atomic E-state index is 5.28. The molecular weight excluding hydrogens is 388 g/mol. The summed E-state index contributed by atoms with van der Waals surface area (Å²) in [5, 5.41) is 12.9. The molecule has 0 spiro atoms. The molecule has 2 aromatic carbocycles. The fourth-order valence-electron chi connectivity index (χ4n) is 4.59. The Kier molecular flexibility index (Phi) is 7.27. The van der Waals surface area contributed by atoms with E-state index in [1.165, 1.54) is 24.1 Å². The van der Waals surface area contributed by atoms with Crippen LogP contribution in [0.2, 0.25) is 0 Å². The molecule has 2 heterocycles. The second-order valence-corrected chi connectivity index (χ2v) is 8.37. The van der Waals surface area contributed by atoms with Gasteiger partial charge in [-0.15, -0.1) is 5.10 Å². The van der Waals surface area contributed by atoms with Crippen LogP contribution in [-0.2, 0) is 6.54 Å². The maximum Gasteiger partial charge on any atom is 0.209 e. The van der Waals surface area contributed by atoms with Crippen molar-refractivity contribution in [3.63, 3.8) is 0 Å². The third-order valence-electron chi connectivity index (χ3n) is 6.38. The monoisotopic (exact) mass is 422 g/mol. The lowest BCUT2D eigenvalue weighted by atomic mass is 10.1. The number of hydrogen-bond donors (Lipinski definition) is 2. The number of piperazine rings is 1. The van der Waals surface area contributed by atoms with E-state index in [1.807, 2.05) is 16.8 Å². The number of benzene rings is 2. The lowest BCUT2D eigenvalue weighted by Crippen LogP contribution is -3.26. The van der Waals surface area contributed by atoms with Gasteiger partial charge < -0.3 is 9.64 Å². The number of ether oxygens (including phenoxy) is 1. The molecule has 0 aliphatic carbocycles. The van der Waals surface area contributed by atoms with Gasteiger partial charge in [0.15, 0.2) is 0 Å². The quantitative estimate of drug-likeness (QED) is 0.542. The zero-order valence-electron chi connectivity index (χ0n) is 18.6. The minimum atomic E-state index is 0.338. The molecule has 7 nitrogen and oxygen atoms in total. The molecule has 1 aromatic heterocycles. The molecule has 0 unspecified atom stereocenters. The predicted octanol–water partition coefficient (Wildman–Crippen LogP) is 1.08. The van der Waals surface area contributed by atoms with E-state index in [-0.39, 0.29) is 0 Å². The molecule has 164 valence electrons. The molecule has 2 N–H and O–H groups in total. The highest BCUT2D eigenvalue weighted by Crippen LogP contribution is 2.17. The molecule has 31 heavy (non-hydrogen) atoms. The molecule has 1 atom stereocenters. The van der Waals surface area contributed by atoms with Crippen molar-refractivity contribution in [2.24, 2.45) is 0 Å². The molecule has 1 aliphatic rings. The van der Waals surface area contributed by atoms with Gasteiger partial charge in [-0.1, -0.05) is 43.7 Å². The third kappa shape index (κ3) is 5.29. The first-order chi connectivity index (χ1) is 15.3. The second kappa shape index (κ2) is 10.5. The Morgan fingerprint density at radius 1 is 1.00 bits per heavy atom. The summed E-state index contributed by atoms with van der Waals surface area (Å²) in [5.41, 5.74) is 2.58. The molecule has 1 fully saturated rings. The number of hydrogen-bond acceptors (Lipinski definition) is 4. The van der Waals surface area contributed by atoms with Gasteiger partial charge in [-0.3, -0.25) is 4.90 Å². The third-order valence-corrected chi connectivity index (χ3v) is 6.38. The van der Waals surface area contributed by atoms with E-state index in [0.29, 0.717) is 12.6 Å². The Labute approximate surface area is 184 Å². The van der Waals surface area contributed by atoms with E-state index in [4.69, 9.17) is 4.74 Å². The standard InChI is InChI=1S/C24H32N6O/c1-3-4-10-23(29-17-15-28(16-18-29)21-8-6-5-7-9-21)24-25-26-27-30(24)19-20-11-13-22(31-2)14-12-20/h5-9,11-14,23H,3-4,10,15-19H2,1-2H3/p+2/t23-/m1/s1. The zero-order valence-corrected chi connectivity index (χ0v) is 18.6. The van der Waals surface area contributed by atoms with Crippen molar-refractivity contribution in [2.45, 2.75) is 38.8 Å². The summed E-state index contributed by atoms with van der Waals surface area (Å²) in [6, 6.07) is 19.3. The minimum Gasteiger partial charge on any atom is -0.497 e. The van der Waals surface area contributed by atoms with Crippen LogP contribution in [0, 0.1) is 0 Å². The van der Waals surface area contributed by atoms with E-state index in [2.05, 4.69) is 64.9 Å².